The van der Waals surface area contributed by atoms with Crippen LogP contribution in [0.2, 0.25) is 0 Å². The number of anilines is 1. The van der Waals surface area contributed by atoms with E-state index in [0.29, 0.717) is 12.0 Å². The van der Waals surface area contributed by atoms with Crippen LogP contribution < -0.4 is 4.90 Å². The summed E-state index contributed by atoms with van der Waals surface area (Å²) in [5, 5.41) is 0. The number of hydrogen-bond donors (Lipinski definition) is 0. The second-order valence-electron chi connectivity index (χ2n) is 7.73. The smallest absolute Gasteiger partial charge is 0.225 e. The first-order chi connectivity index (χ1) is 11.5. The van der Waals surface area contributed by atoms with Gasteiger partial charge in [-0.15, -0.1) is 0 Å². The van der Waals surface area contributed by atoms with E-state index in [-0.39, 0.29) is 0 Å². The van der Waals surface area contributed by atoms with Crippen molar-refractivity contribution in [2.75, 3.05) is 64.8 Å². The number of piperazine rings is 2. The third-order valence-corrected chi connectivity index (χ3v) is 5.37. The van der Waals surface area contributed by atoms with Crippen molar-refractivity contribution in [1.29, 1.82) is 0 Å². The molecule has 2 saturated heterocycles. The van der Waals surface area contributed by atoms with Crippen molar-refractivity contribution >= 4 is 5.95 Å². The van der Waals surface area contributed by atoms with Gasteiger partial charge in [-0.25, -0.2) is 9.97 Å². The summed E-state index contributed by atoms with van der Waals surface area (Å²) >= 11 is 0. The SMILES string of the molecule is CC(C)[C@@H]1CN(C)CCN1Cc1cnc(N2CCN(C)CC2)nc1. The lowest BCUT2D eigenvalue weighted by molar-refractivity contribution is 0.0569. The van der Waals surface area contributed by atoms with Gasteiger partial charge in [0, 0.05) is 76.4 Å². The molecule has 0 aromatic carbocycles. The van der Waals surface area contributed by atoms with E-state index in [2.05, 4.69) is 57.5 Å². The Hall–Kier alpha value is -1.24. The summed E-state index contributed by atoms with van der Waals surface area (Å²) in [5.74, 6) is 1.55. The molecule has 3 rings (SSSR count). The monoisotopic (exact) mass is 332 g/mol. The van der Waals surface area contributed by atoms with Crippen LogP contribution in [0.3, 0.4) is 0 Å². The van der Waals surface area contributed by atoms with Crippen molar-refractivity contribution in [3.05, 3.63) is 18.0 Å². The van der Waals surface area contributed by atoms with E-state index in [0.717, 1.165) is 58.3 Å². The van der Waals surface area contributed by atoms with E-state index in [9.17, 15) is 0 Å². The zero-order chi connectivity index (χ0) is 17.1. The molecule has 0 amide bonds. The van der Waals surface area contributed by atoms with Crippen molar-refractivity contribution in [2.45, 2.75) is 26.4 Å². The van der Waals surface area contributed by atoms with Gasteiger partial charge in [0.05, 0.1) is 0 Å². The summed E-state index contributed by atoms with van der Waals surface area (Å²) in [6.45, 7) is 13.2. The molecule has 2 fully saturated rings. The molecule has 1 aromatic heterocycles. The molecule has 0 bridgehead atoms. The van der Waals surface area contributed by atoms with Crippen LogP contribution in [0, 0.1) is 5.92 Å². The topological polar surface area (TPSA) is 38.7 Å². The molecule has 0 aliphatic carbocycles. The second-order valence-corrected chi connectivity index (χ2v) is 7.73. The fourth-order valence-electron chi connectivity index (χ4n) is 3.65. The molecule has 0 spiro atoms. The third kappa shape index (κ3) is 4.23. The number of rotatable bonds is 4. The second kappa shape index (κ2) is 7.76. The van der Waals surface area contributed by atoms with E-state index in [1.807, 2.05) is 12.4 Å². The van der Waals surface area contributed by atoms with Gasteiger partial charge in [0.25, 0.3) is 0 Å². The van der Waals surface area contributed by atoms with Crippen LogP contribution in [0.1, 0.15) is 19.4 Å². The Balaban J connectivity index is 1.61. The Morgan fingerprint density at radius 3 is 2.21 bits per heavy atom. The Morgan fingerprint density at radius 1 is 0.958 bits per heavy atom. The Kier molecular flexibility index (Phi) is 5.69. The van der Waals surface area contributed by atoms with E-state index < -0.39 is 0 Å². The lowest BCUT2D eigenvalue weighted by Gasteiger charge is -2.42. The molecule has 6 nitrogen and oxygen atoms in total. The maximum Gasteiger partial charge on any atom is 0.225 e. The normalized spacial score (nSPS) is 24.7. The largest absolute Gasteiger partial charge is 0.338 e. The van der Waals surface area contributed by atoms with Crippen molar-refractivity contribution < 1.29 is 0 Å². The fraction of sp³-hybridized carbons (Fsp3) is 0.778. The van der Waals surface area contributed by atoms with Gasteiger partial charge in [0.15, 0.2) is 0 Å². The average molecular weight is 332 g/mol. The van der Waals surface area contributed by atoms with Gasteiger partial charge < -0.3 is 14.7 Å². The van der Waals surface area contributed by atoms with Crippen LogP contribution in [-0.2, 0) is 6.54 Å². The first-order valence-electron chi connectivity index (χ1n) is 9.20. The summed E-state index contributed by atoms with van der Waals surface area (Å²) in [4.78, 5) is 18.9. The van der Waals surface area contributed by atoms with Gasteiger partial charge in [-0.1, -0.05) is 13.8 Å². The minimum absolute atomic E-state index is 0.612. The first kappa shape index (κ1) is 17.6. The zero-order valence-corrected chi connectivity index (χ0v) is 15.6. The molecule has 1 aromatic rings. The standard InChI is InChI=1S/C18H32N6/c1-15(2)17-14-22(4)7-10-24(17)13-16-11-19-18(20-12-16)23-8-5-21(3)6-9-23/h11-12,15,17H,5-10,13-14H2,1-4H3/t17-/m0/s1. The molecular formula is C18H32N6. The van der Waals surface area contributed by atoms with E-state index >= 15 is 0 Å². The number of aromatic nitrogens is 2. The highest BCUT2D eigenvalue weighted by atomic mass is 15.3. The molecule has 0 unspecified atom stereocenters. The van der Waals surface area contributed by atoms with Gasteiger partial charge in [0.2, 0.25) is 5.95 Å². The van der Waals surface area contributed by atoms with Gasteiger partial charge in [-0.3, -0.25) is 4.90 Å². The highest BCUT2D eigenvalue weighted by Gasteiger charge is 2.27. The van der Waals surface area contributed by atoms with Crippen LogP contribution in [0.4, 0.5) is 5.95 Å². The Bertz CT molecular complexity index is 509. The highest BCUT2D eigenvalue weighted by Crippen LogP contribution is 2.19. The van der Waals surface area contributed by atoms with Crippen molar-refractivity contribution in [3.8, 4) is 0 Å². The summed E-state index contributed by atoms with van der Waals surface area (Å²) < 4.78 is 0. The quantitative estimate of drug-likeness (QED) is 0.819. The Labute approximate surface area is 146 Å². The molecule has 2 aliphatic heterocycles. The number of nitrogens with zero attached hydrogens (tertiary/aromatic N) is 6. The molecule has 2 aliphatic rings. The van der Waals surface area contributed by atoms with Crippen LogP contribution >= 0.6 is 0 Å². The van der Waals surface area contributed by atoms with Crippen LogP contribution in [-0.4, -0.2) is 90.6 Å². The maximum atomic E-state index is 4.64. The van der Waals surface area contributed by atoms with E-state index in [1.165, 1.54) is 5.56 Å². The van der Waals surface area contributed by atoms with E-state index in [4.69, 9.17) is 0 Å². The number of hydrogen-bond acceptors (Lipinski definition) is 6. The summed E-state index contributed by atoms with van der Waals surface area (Å²) in [7, 11) is 4.39. The summed E-state index contributed by atoms with van der Waals surface area (Å²) in [5.41, 5.74) is 1.23. The van der Waals surface area contributed by atoms with Gasteiger partial charge in [0.1, 0.15) is 0 Å². The molecule has 0 N–H and O–H groups in total. The zero-order valence-electron chi connectivity index (χ0n) is 15.6. The van der Waals surface area contributed by atoms with Crippen molar-refractivity contribution in [2.24, 2.45) is 5.92 Å². The molecule has 1 atom stereocenters. The molecule has 3 heterocycles. The van der Waals surface area contributed by atoms with Crippen LogP contribution in [0.15, 0.2) is 12.4 Å². The van der Waals surface area contributed by atoms with Gasteiger partial charge >= 0.3 is 0 Å². The molecule has 0 radical (unpaired) electrons. The lowest BCUT2D eigenvalue weighted by atomic mass is 9.99. The predicted molar refractivity (Wildman–Crippen MR) is 98.3 cm³/mol. The van der Waals surface area contributed by atoms with Crippen molar-refractivity contribution in [3.63, 3.8) is 0 Å². The van der Waals surface area contributed by atoms with Crippen LogP contribution in [0.25, 0.3) is 0 Å². The third-order valence-electron chi connectivity index (χ3n) is 5.37. The predicted octanol–water partition coefficient (Wildman–Crippen LogP) is 1.00. The minimum Gasteiger partial charge on any atom is -0.338 e. The average Bonchev–Trinajstić information content (AvgIpc) is 2.58. The lowest BCUT2D eigenvalue weighted by Crippen LogP contribution is -2.53. The molecule has 6 heteroatoms. The Morgan fingerprint density at radius 2 is 1.58 bits per heavy atom. The minimum atomic E-state index is 0.612. The fourth-order valence-corrected chi connectivity index (χ4v) is 3.65. The van der Waals surface area contributed by atoms with Gasteiger partial charge in [-0.2, -0.15) is 0 Å². The van der Waals surface area contributed by atoms with Crippen LogP contribution in [0.5, 0.6) is 0 Å². The summed E-state index contributed by atoms with van der Waals surface area (Å²) in [6, 6.07) is 0.612. The van der Waals surface area contributed by atoms with Gasteiger partial charge in [-0.05, 0) is 20.0 Å². The molecule has 134 valence electrons. The first-order valence-corrected chi connectivity index (χ1v) is 9.20. The highest BCUT2D eigenvalue weighted by molar-refractivity contribution is 5.30. The maximum absolute atomic E-state index is 4.64. The van der Waals surface area contributed by atoms with E-state index in [1.54, 1.807) is 0 Å². The molecule has 0 saturated carbocycles. The molecular weight excluding hydrogens is 300 g/mol. The number of likely N-dealkylation sites (N-methyl/N-ethyl adjacent to an activating group) is 2. The van der Waals surface area contributed by atoms with Crippen molar-refractivity contribution in [1.82, 2.24) is 24.7 Å². The molecule has 24 heavy (non-hydrogen) atoms. The summed E-state index contributed by atoms with van der Waals surface area (Å²) in [6.07, 6.45) is 4.05.